The second kappa shape index (κ2) is 4.66. The van der Waals surface area contributed by atoms with E-state index in [9.17, 15) is 4.79 Å². The van der Waals surface area contributed by atoms with Gasteiger partial charge in [-0.1, -0.05) is 11.3 Å². The van der Waals surface area contributed by atoms with Crippen LogP contribution in [0.25, 0.3) is 10.6 Å². The Kier molecular flexibility index (Phi) is 3.36. The molecule has 0 atom stereocenters. The highest BCUT2D eigenvalue weighted by Crippen LogP contribution is 2.32. The van der Waals surface area contributed by atoms with Gasteiger partial charge in [-0.3, -0.25) is 0 Å². The van der Waals surface area contributed by atoms with Crippen LogP contribution in [0.4, 0.5) is 5.13 Å². The molecule has 18 heavy (non-hydrogen) atoms. The molecule has 0 bridgehead atoms. The second-order valence-electron chi connectivity index (χ2n) is 4.61. The molecular weight excluding hydrogens is 270 g/mol. The molecule has 0 aliphatic carbocycles. The van der Waals surface area contributed by atoms with Gasteiger partial charge in [0.15, 0.2) is 10.8 Å². The molecule has 96 valence electrons. The molecule has 2 rings (SSSR count). The summed E-state index contributed by atoms with van der Waals surface area (Å²) in [6, 6.07) is 0. The Morgan fingerprint density at radius 2 is 2.17 bits per heavy atom. The molecule has 0 aliphatic heterocycles. The normalized spacial score (nSPS) is 11.5. The largest absolute Gasteiger partial charge is 0.455 e. The lowest BCUT2D eigenvalue weighted by atomic mass is 10.2. The number of hydrogen-bond acceptors (Lipinski definition) is 7. The van der Waals surface area contributed by atoms with Crippen LogP contribution in [0.5, 0.6) is 0 Å². The van der Waals surface area contributed by atoms with Gasteiger partial charge in [-0.2, -0.15) is 0 Å². The average Bonchev–Trinajstić information content (AvgIpc) is 2.82. The molecule has 2 aromatic heterocycles. The molecule has 0 amide bonds. The summed E-state index contributed by atoms with van der Waals surface area (Å²) in [5.41, 5.74) is 7.74. The van der Waals surface area contributed by atoms with E-state index in [4.69, 9.17) is 10.5 Å². The van der Waals surface area contributed by atoms with Crippen molar-refractivity contribution in [2.45, 2.75) is 26.4 Å². The van der Waals surface area contributed by atoms with Crippen molar-refractivity contribution in [2.24, 2.45) is 0 Å². The van der Waals surface area contributed by atoms with Crippen molar-refractivity contribution in [3.8, 4) is 10.6 Å². The van der Waals surface area contributed by atoms with Crippen molar-refractivity contribution in [1.82, 2.24) is 9.97 Å². The fourth-order valence-corrected chi connectivity index (χ4v) is 2.71. The predicted molar refractivity (Wildman–Crippen MR) is 72.8 cm³/mol. The molecule has 0 fully saturated rings. The van der Waals surface area contributed by atoms with E-state index in [1.165, 1.54) is 22.7 Å². The zero-order chi connectivity index (χ0) is 13.3. The number of rotatable bonds is 2. The summed E-state index contributed by atoms with van der Waals surface area (Å²) in [5.74, 6) is -0.474. The Morgan fingerprint density at radius 3 is 2.72 bits per heavy atom. The average molecular weight is 283 g/mol. The molecule has 0 saturated heterocycles. The summed E-state index contributed by atoms with van der Waals surface area (Å²) in [5, 5.41) is 2.18. The van der Waals surface area contributed by atoms with Gasteiger partial charge in [0.1, 0.15) is 5.60 Å². The van der Waals surface area contributed by atoms with Crippen LogP contribution >= 0.6 is 22.7 Å². The van der Waals surface area contributed by atoms with Crippen molar-refractivity contribution in [2.75, 3.05) is 5.73 Å². The van der Waals surface area contributed by atoms with Gasteiger partial charge in [0.25, 0.3) is 0 Å². The minimum absolute atomic E-state index is 0.235. The minimum Gasteiger partial charge on any atom is -0.455 e. The van der Waals surface area contributed by atoms with Crippen LogP contribution in [-0.2, 0) is 4.74 Å². The first-order chi connectivity index (χ1) is 8.37. The number of esters is 1. The number of nitrogens with two attached hydrogens (primary N) is 1. The van der Waals surface area contributed by atoms with Crippen LogP contribution in [0.15, 0.2) is 10.9 Å². The van der Waals surface area contributed by atoms with Crippen LogP contribution in [-0.4, -0.2) is 21.5 Å². The number of ether oxygens (including phenoxy) is 1. The highest BCUT2D eigenvalue weighted by Gasteiger charge is 2.25. The van der Waals surface area contributed by atoms with E-state index >= 15 is 0 Å². The Balaban J connectivity index is 2.37. The number of nitrogens with zero attached hydrogens (tertiary/aromatic N) is 2. The van der Waals surface area contributed by atoms with Gasteiger partial charge in [0.05, 0.1) is 16.1 Å². The lowest BCUT2D eigenvalue weighted by molar-refractivity contribution is 0.00647. The summed E-state index contributed by atoms with van der Waals surface area (Å²) in [7, 11) is 0. The van der Waals surface area contributed by atoms with E-state index in [0.29, 0.717) is 15.7 Å². The van der Waals surface area contributed by atoms with Crippen molar-refractivity contribution >= 4 is 33.8 Å². The molecule has 2 aromatic rings. The number of thiazole rings is 2. The third kappa shape index (κ3) is 2.85. The van der Waals surface area contributed by atoms with Crippen molar-refractivity contribution in [1.29, 1.82) is 0 Å². The molecular formula is C11H13N3O2S2. The quantitative estimate of drug-likeness (QED) is 0.857. The number of nitrogen functional groups attached to an aromatic ring is 1. The van der Waals surface area contributed by atoms with E-state index in [1.54, 1.807) is 5.51 Å². The Labute approximate surface area is 113 Å². The lowest BCUT2D eigenvalue weighted by Gasteiger charge is -2.18. The second-order valence-corrected chi connectivity index (χ2v) is 6.35. The Morgan fingerprint density at radius 1 is 1.44 bits per heavy atom. The van der Waals surface area contributed by atoms with Gasteiger partial charge in [0.2, 0.25) is 0 Å². The number of aromatic nitrogens is 2. The third-order valence-corrected chi connectivity index (χ3v) is 3.39. The summed E-state index contributed by atoms with van der Waals surface area (Å²) in [6.45, 7) is 5.43. The zero-order valence-electron chi connectivity index (χ0n) is 10.3. The van der Waals surface area contributed by atoms with E-state index in [2.05, 4.69) is 9.97 Å². The summed E-state index contributed by atoms with van der Waals surface area (Å²) < 4.78 is 5.30. The van der Waals surface area contributed by atoms with E-state index in [-0.39, 0.29) is 5.69 Å². The zero-order valence-corrected chi connectivity index (χ0v) is 11.9. The van der Waals surface area contributed by atoms with Crippen molar-refractivity contribution < 1.29 is 9.53 Å². The first-order valence-corrected chi connectivity index (χ1v) is 7.01. The number of carbonyl (C=O) groups excluding carboxylic acids is 1. The summed E-state index contributed by atoms with van der Waals surface area (Å²) in [6.07, 6.45) is 0. The fraction of sp³-hybridized carbons (Fsp3) is 0.364. The van der Waals surface area contributed by atoms with Gasteiger partial charge < -0.3 is 10.5 Å². The van der Waals surface area contributed by atoms with Crippen LogP contribution in [0.2, 0.25) is 0 Å². The number of anilines is 1. The highest BCUT2D eigenvalue weighted by atomic mass is 32.1. The molecule has 0 spiro atoms. The first-order valence-electron chi connectivity index (χ1n) is 5.25. The summed E-state index contributed by atoms with van der Waals surface area (Å²) >= 11 is 2.69. The van der Waals surface area contributed by atoms with Crippen LogP contribution < -0.4 is 5.73 Å². The highest BCUT2D eigenvalue weighted by molar-refractivity contribution is 7.19. The topological polar surface area (TPSA) is 78.1 Å². The lowest BCUT2D eigenvalue weighted by Crippen LogP contribution is -2.24. The molecule has 2 heterocycles. The standard InChI is InChI=1S/C11H13N3O2S2/c1-11(2,3)16-9(15)7-8(18-10(12)14-7)6-4-17-5-13-6/h4-5H,1-3H3,(H2,12,14). The maximum Gasteiger partial charge on any atom is 0.359 e. The predicted octanol–water partition coefficient (Wildman–Crippen LogP) is 2.80. The maximum absolute atomic E-state index is 12.0. The molecule has 0 radical (unpaired) electrons. The minimum atomic E-state index is -0.561. The molecule has 2 N–H and O–H groups in total. The molecule has 0 aliphatic rings. The number of hydrogen-bond donors (Lipinski definition) is 1. The Hall–Kier alpha value is -1.47. The van der Waals surface area contributed by atoms with Crippen molar-refractivity contribution in [3.05, 3.63) is 16.6 Å². The molecule has 0 aromatic carbocycles. The smallest absolute Gasteiger partial charge is 0.359 e. The van der Waals surface area contributed by atoms with Gasteiger partial charge in [-0.05, 0) is 20.8 Å². The van der Waals surface area contributed by atoms with E-state index in [0.717, 1.165) is 0 Å². The molecule has 5 nitrogen and oxygen atoms in total. The number of carbonyl (C=O) groups is 1. The van der Waals surface area contributed by atoms with Crippen molar-refractivity contribution in [3.63, 3.8) is 0 Å². The maximum atomic E-state index is 12.0. The molecule has 0 unspecified atom stereocenters. The van der Waals surface area contributed by atoms with Crippen LogP contribution in [0.3, 0.4) is 0 Å². The fourth-order valence-electron chi connectivity index (χ4n) is 1.30. The molecule has 0 saturated carbocycles. The van der Waals surface area contributed by atoms with Gasteiger partial charge in [0, 0.05) is 5.38 Å². The van der Waals surface area contributed by atoms with Crippen LogP contribution in [0, 0.1) is 0 Å². The van der Waals surface area contributed by atoms with Gasteiger partial charge in [-0.25, -0.2) is 14.8 Å². The summed E-state index contributed by atoms with van der Waals surface area (Å²) in [4.78, 5) is 20.9. The van der Waals surface area contributed by atoms with Gasteiger partial charge >= 0.3 is 5.97 Å². The SMILES string of the molecule is CC(C)(C)OC(=O)c1nc(N)sc1-c1cscn1. The Bertz CT molecular complexity index is 555. The van der Waals surface area contributed by atoms with Gasteiger partial charge in [-0.15, -0.1) is 11.3 Å². The monoisotopic (exact) mass is 283 g/mol. The first kappa shape index (κ1) is 13.0. The molecule has 7 heteroatoms. The van der Waals surface area contributed by atoms with E-state index in [1.807, 2.05) is 26.2 Å². The van der Waals surface area contributed by atoms with E-state index < -0.39 is 11.6 Å². The third-order valence-electron chi connectivity index (χ3n) is 1.90. The van der Waals surface area contributed by atoms with Crippen LogP contribution in [0.1, 0.15) is 31.3 Å².